The molecule has 2 unspecified atom stereocenters. The SMILES string of the molecule is Cc1cc(C)cc(OC(C)CC(C)(NC(C)C)C(N)=O)c1. The normalized spacial score (nSPS) is 15.6. The molecule has 2 atom stereocenters. The quantitative estimate of drug-likeness (QED) is 0.812. The number of rotatable bonds is 7. The molecule has 1 rings (SSSR count). The lowest BCUT2D eigenvalue weighted by molar-refractivity contribution is -0.125. The highest BCUT2D eigenvalue weighted by Crippen LogP contribution is 2.21. The molecular formula is C17H28N2O2. The number of hydrogen-bond donors (Lipinski definition) is 2. The zero-order chi connectivity index (χ0) is 16.2. The summed E-state index contributed by atoms with van der Waals surface area (Å²) in [6.45, 7) is 11.9. The Kier molecular flexibility index (Phi) is 5.78. The third-order valence-corrected chi connectivity index (χ3v) is 3.38. The van der Waals surface area contributed by atoms with Crippen LogP contribution in [0.3, 0.4) is 0 Å². The van der Waals surface area contributed by atoms with Crippen LogP contribution in [0.15, 0.2) is 18.2 Å². The van der Waals surface area contributed by atoms with Crippen molar-refractivity contribution < 1.29 is 9.53 Å². The van der Waals surface area contributed by atoms with Crippen LogP contribution < -0.4 is 15.8 Å². The van der Waals surface area contributed by atoms with Crippen LogP contribution in [0.25, 0.3) is 0 Å². The number of hydrogen-bond acceptors (Lipinski definition) is 3. The summed E-state index contributed by atoms with van der Waals surface area (Å²) >= 11 is 0. The molecule has 0 aliphatic rings. The van der Waals surface area contributed by atoms with Crippen molar-refractivity contribution in [2.75, 3.05) is 0 Å². The smallest absolute Gasteiger partial charge is 0.237 e. The van der Waals surface area contributed by atoms with Crippen LogP contribution in [0.1, 0.15) is 45.2 Å². The summed E-state index contributed by atoms with van der Waals surface area (Å²) in [4.78, 5) is 11.8. The largest absolute Gasteiger partial charge is 0.491 e. The third-order valence-electron chi connectivity index (χ3n) is 3.38. The van der Waals surface area contributed by atoms with Gasteiger partial charge in [-0.3, -0.25) is 4.79 Å². The van der Waals surface area contributed by atoms with E-state index in [1.54, 1.807) is 0 Å². The van der Waals surface area contributed by atoms with E-state index >= 15 is 0 Å². The highest BCUT2D eigenvalue weighted by Gasteiger charge is 2.33. The van der Waals surface area contributed by atoms with Crippen LogP contribution in [0.4, 0.5) is 0 Å². The zero-order valence-corrected chi connectivity index (χ0v) is 14.0. The second-order valence-corrected chi connectivity index (χ2v) is 6.45. The van der Waals surface area contributed by atoms with Gasteiger partial charge < -0.3 is 15.8 Å². The number of carbonyl (C=O) groups excluding carboxylic acids is 1. The van der Waals surface area contributed by atoms with E-state index in [0.29, 0.717) is 6.42 Å². The summed E-state index contributed by atoms with van der Waals surface area (Å²) in [5.74, 6) is 0.475. The lowest BCUT2D eigenvalue weighted by Crippen LogP contribution is -2.57. The fourth-order valence-electron chi connectivity index (χ4n) is 2.72. The summed E-state index contributed by atoms with van der Waals surface area (Å²) in [6, 6.07) is 6.28. The molecule has 0 bridgehead atoms. The molecule has 0 radical (unpaired) electrons. The van der Waals surface area contributed by atoms with E-state index in [2.05, 4.69) is 11.4 Å². The van der Waals surface area contributed by atoms with Crippen LogP contribution in [0, 0.1) is 13.8 Å². The van der Waals surface area contributed by atoms with Crippen LogP contribution >= 0.6 is 0 Å². The van der Waals surface area contributed by atoms with Gasteiger partial charge in [-0.1, -0.05) is 6.07 Å². The van der Waals surface area contributed by atoms with E-state index in [1.165, 1.54) is 0 Å². The van der Waals surface area contributed by atoms with Crippen molar-refractivity contribution in [2.45, 2.75) is 65.6 Å². The van der Waals surface area contributed by atoms with E-state index < -0.39 is 5.54 Å². The Labute approximate surface area is 128 Å². The van der Waals surface area contributed by atoms with Crippen molar-refractivity contribution in [1.82, 2.24) is 5.32 Å². The van der Waals surface area contributed by atoms with E-state index in [1.807, 2.05) is 53.7 Å². The van der Waals surface area contributed by atoms with Gasteiger partial charge in [0.25, 0.3) is 0 Å². The minimum atomic E-state index is -0.771. The van der Waals surface area contributed by atoms with E-state index in [4.69, 9.17) is 10.5 Å². The molecule has 21 heavy (non-hydrogen) atoms. The second kappa shape index (κ2) is 6.94. The minimum Gasteiger partial charge on any atom is -0.491 e. The summed E-state index contributed by atoms with van der Waals surface area (Å²) in [5.41, 5.74) is 7.11. The van der Waals surface area contributed by atoms with Crippen LogP contribution in [-0.2, 0) is 4.79 Å². The van der Waals surface area contributed by atoms with Crippen molar-refractivity contribution in [3.63, 3.8) is 0 Å². The zero-order valence-electron chi connectivity index (χ0n) is 14.0. The first-order valence-electron chi connectivity index (χ1n) is 7.45. The van der Waals surface area contributed by atoms with Crippen molar-refractivity contribution in [2.24, 2.45) is 5.73 Å². The number of primary amides is 1. The van der Waals surface area contributed by atoms with Crippen molar-refractivity contribution in [1.29, 1.82) is 0 Å². The Balaban J connectivity index is 2.78. The standard InChI is InChI=1S/C17H28N2O2/c1-11(2)19-17(6,16(18)20)10-14(5)21-15-8-12(3)7-13(4)9-15/h7-9,11,14,19H,10H2,1-6H3,(H2,18,20). The van der Waals surface area contributed by atoms with Crippen LogP contribution in [0.2, 0.25) is 0 Å². The second-order valence-electron chi connectivity index (χ2n) is 6.45. The first-order valence-corrected chi connectivity index (χ1v) is 7.45. The summed E-state index contributed by atoms with van der Waals surface area (Å²) in [5, 5.41) is 3.24. The molecule has 1 aromatic rings. The lowest BCUT2D eigenvalue weighted by Gasteiger charge is -2.32. The van der Waals surface area contributed by atoms with E-state index in [9.17, 15) is 4.79 Å². The summed E-state index contributed by atoms with van der Waals surface area (Å²) < 4.78 is 5.96. The molecule has 0 saturated heterocycles. The molecule has 118 valence electrons. The number of benzene rings is 1. The molecule has 0 fully saturated rings. The predicted molar refractivity (Wildman–Crippen MR) is 86.5 cm³/mol. The highest BCUT2D eigenvalue weighted by molar-refractivity contribution is 5.84. The van der Waals surface area contributed by atoms with Gasteiger partial charge in [-0.2, -0.15) is 0 Å². The molecule has 0 aromatic heterocycles. The molecule has 0 heterocycles. The molecular weight excluding hydrogens is 264 g/mol. The molecule has 0 spiro atoms. The van der Waals surface area contributed by atoms with E-state index in [-0.39, 0.29) is 18.1 Å². The Morgan fingerprint density at radius 2 is 1.76 bits per heavy atom. The van der Waals surface area contributed by atoms with Crippen molar-refractivity contribution >= 4 is 5.91 Å². The monoisotopic (exact) mass is 292 g/mol. The van der Waals surface area contributed by atoms with Gasteiger partial charge in [-0.25, -0.2) is 0 Å². The fraction of sp³-hybridized carbons (Fsp3) is 0.588. The average molecular weight is 292 g/mol. The Hall–Kier alpha value is -1.55. The van der Waals surface area contributed by atoms with Crippen molar-refractivity contribution in [3.05, 3.63) is 29.3 Å². The van der Waals surface area contributed by atoms with Crippen LogP contribution in [-0.4, -0.2) is 23.6 Å². The fourth-order valence-corrected chi connectivity index (χ4v) is 2.72. The number of carbonyl (C=O) groups is 1. The molecule has 0 aliphatic heterocycles. The Morgan fingerprint density at radius 3 is 2.19 bits per heavy atom. The highest BCUT2D eigenvalue weighted by atomic mass is 16.5. The number of nitrogens with one attached hydrogen (secondary N) is 1. The minimum absolute atomic E-state index is 0.116. The van der Waals surface area contributed by atoms with Gasteiger partial charge in [0.05, 0.1) is 11.6 Å². The van der Waals surface area contributed by atoms with Gasteiger partial charge in [0.15, 0.2) is 0 Å². The molecule has 4 nitrogen and oxygen atoms in total. The number of amides is 1. The van der Waals surface area contributed by atoms with Gasteiger partial charge in [-0.05, 0) is 64.8 Å². The third kappa shape index (κ3) is 5.38. The Bertz CT molecular complexity index is 479. The molecule has 0 saturated carbocycles. The maximum absolute atomic E-state index is 11.8. The molecule has 0 aliphatic carbocycles. The lowest BCUT2D eigenvalue weighted by atomic mass is 9.93. The first kappa shape index (κ1) is 17.5. The predicted octanol–water partition coefficient (Wildman–Crippen LogP) is 2.70. The number of aryl methyl sites for hydroxylation is 2. The average Bonchev–Trinajstić information content (AvgIpc) is 2.24. The topological polar surface area (TPSA) is 64.3 Å². The van der Waals surface area contributed by atoms with E-state index in [0.717, 1.165) is 16.9 Å². The molecule has 1 aromatic carbocycles. The molecule has 4 heteroatoms. The number of nitrogens with two attached hydrogens (primary N) is 1. The van der Waals surface area contributed by atoms with Crippen molar-refractivity contribution in [3.8, 4) is 5.75 Å². The molecule has 1 amide bonds. The maximum atomic E-state index is 11.8. The number of ether oxygens (including phenoxy) is 1. The van der Waals surface area contributed by atoms with Gasteiger partial charge in [0, 0.05) is 12.5 Å². The maximum Gasteiger partial charge on any atom is 0.237 e. The summed E-state index contributed by atoms with van der Waals surface area (Å²) in [7, 11) is 0. The van der Waals surface area contributed by atoms with Gasteiger partial charge in [0.2, 0.25) is 5.91 Å². The summed E-state index contributed by atoms with van der Waals surface area (Å²) in [6.07, 6.45) is 0.406. The Morgan fingerprint density at radius 1 is 1.24 bits per heavy atom. The van der Waals surface area contributed by atoms with Gasteiger partial charge in [0.1, 0.15) is 5.75 Å². The van der Waals surface area contributed by atoms with Gasteiger partial charge >= 0.3 is 0 Å². The van der Waals surface area contributed by atoms with Crippen LogP contribution in [0.5, 0.6) is 5.75 Å². The molecule has 3 N–H and O–H groups in total. The van der Waals surface area contributed by atoms with Gasteiger partial charge in [-0.15, -0.1) is 0 Å². The first-order chi connectivity index (χ1) is 9.62.